The van der Waals surface area contributed by atoms with Gasteiger partial charge in [-0.15, -0.1) is 0 Å². The van der Waals surface area contributed by atoms with E-state index in [0.29, 0.717) is 5.56 Å². The van der Waals surface area contributed by atoms with Gasteiger partial charge in [-0.2, -0.15) is 0 Å². The van der Waals surface area contributed by atoms with Crippen LogP contribution in [0.5, 0.6) is 5.75 Å². The highest BCUT2D eigenvalue weighted by Crippen LogP contribution is 2.11. The first-order chi connectivity index (χ1) is 9.54. The fourth-order valence-corrected chi connectivity index (χ4v) is 1.55. The van der Waals surface area contributed by atoms with E-state index in [1.165, 1.54) is 42.6 Å². The second kappa shape index (κ2) is 6.16. The number of aromatic amines is 1. The number of H-pyrrole nitrogens is 1. The van der Waals surface area contributed by atoms with Crippen LogP contribution in [0.3, 0.4) is 0 Å². The number of nitrogens with one attached hydrogen (secondary N) is 1. The third-order valence-electron chi connectivity index (χ3n) is 2.33. The molecule has 0 amide bonds. The Labute approximate surface area is 118 Å². The van der Waals surface area contributed by atoms with Crippen LogP contribution in [0.1, 0.15) is 5.56 Å². The maximum Gasteiger partial charge on any atom is 0.336 e. The molecular formula is C14H9ClFNO3. The summed E-state index contributed by atoms with van der Waals surface area (Å²) in [4.78, 5) is 25.2. The van der Waals surface area contributed by atoms with Crippen molar-refractivity contribution in [2.45, 2.75) is 0 Å². The molecule has 0 aliphatic heterocycles. The summed E-state index contributed by atoms with van der Waals surface area (Å²) in [6.45, 7) is 0. The predicted octanol–water partition coefficient (Wildman–Crippen LogP) is 2.79. The van der Waals surface area contributed by atoms with Crippen molar-refractivity contribution in [2.75, 3.05) is 0 Å². The Bertz CT molecular complexity index is 707. The van der Waals surface area contributed by atoms with Gasteiger partial charge in [-0.25, -0.2) is 9.18 Å². The van der Waals surface area contributed by atoms with Gasteiger partial charge in [-0.05, 0) is 23.8 Å². The lowest BCUT2D eigenvalue weighted by Crippen LogP contribution is -2.14. The largest absolute Gasteiger partial charge is 0.417 e. The highest BCUT2D eigenvalue weighted by Gasteiger charge is 2.06. The zero-order chi connectivity index (χ0) is 14.5. The first-order valence-electron chi connectivity index (χ1n) is 5.58. The standard InChI is InChI=1S/C14H9ClFNO3/c15-10-7-12(14(19)17-8-10)20-13(18)6-3-9-1-4-11(16)5-2-9/h1-8H,(H,17,19)/b6-3+. The molecule has 0 unspecified atom stereocenters. The smallest absolute Gasteiger partial charge is 0.336 e. The second-order valence-electron chi connectivity index (χ2n) is 3.82. The van der Waals surface area contributed by atoms with Crippen LogP contribution in [0.4, 0.5) is 4.39 Å². The Hall–Kier alpha value is -2.40. The molecule has 0 aliphatic carbocycles. The summed E-state index contributed by atoms with van der Waals surface area (Å²) in [7, 11) is 0. The second-order valence-corrected chi connectivity index (χ2v) is 4.25. The molecule has 0 bridgehead atoms. The quantitative estimate of drug-likeness (QED) is 0.699. The lowest BCUT2D eigenvalue weighted by molar-refractivity contribution is -0.129. The molecule has 1 N–H and O–H groups in total. The van der Waals surface area contributed by atoms with E-state index in [0.717, 1.165) is 6.08 Å². The van der Waals surface area contributed by atoms with Crippen LogP contribution >= 0.6 is 11.6 Å². The number of pyridine rings is 1. The van der Waals surface area contributed by atoms with Gasteiger partial charge in [0, 0.05) is 18.3 Å². The van der Waals surface area contributed by atoms with Crippen LogP contribution in [0.15, 0.2) is 47.4 Å². The van der Waals surface area contributed by atoms with Crippen molar-refractivity contribution in [3.63, 3.8) is 0 Å². The molecule has 0 saturated carbocycles. The SMILES string of the molecule is O=C(/C=C/c1ccc(F)cc1)Oc1cc(Cl)c[nH]c1=O. The summed E-state index contributed by atoms with van der Waals surface area (Å²) in [5, 5.41) is 0.245. The van der Waals surface area contributed by atoms with Gasteiger partial charge in [-0.3, -0.25) is 4.79 Å². The van der Waals surface area contributed by atoms with Crippen LogP contribution < -0.4 is 10.3 Å². The molecule has 0 atom stereocenters. The summed E-state index contributed by atoms with van der Waals surface area (Å²) in [5.74, 6) is -1.29. The maximum atomic E-state index is 12.7. The molecule has 4 nitrogen and oxygen atoms in total. The fraction of sp³-hybridized carbons (Fsp3) is 0. The topological polar surface area (TPSA) is 59.2 Å². The van der Waals surface area contributed by atoms with Gasteiger partial charge < -0.3 is 9.72 Å². The average Bonchev–Trinajstić information content (AvgIpc) is 2.42. The Morgan fingerprint density at radius 2 is 2.00 bits per heavy atom. The molecule has 102 valence electrons. The molecule has 20 heavy (non-hydrogen) atoms. The predicted molar refractivity (Wildman–Crippen MR) is 73.1 cm³/mol. The number of hydrogen-bond donors (Lipinski definition) is 1. The number of halogens is 2. The van der Waals surface area contributed by atoms with Crippen LogP contribution in [0.25, 0.3) is 6.08 Å². The van der Waals surface area contributed by atoms with Crippen LogP contribution in [0, 0.1) is 5.82 Å². The Morgan fingerprint density at radius 1 is 1.30 bits per heavy atom. The minimum atomic E-state index is -0.734. The van der Waals surface area contributed by atoms with Gasteiger partial charge in [0.2, 0.25) is 0 Å². The van der Waals surface area contributed by atoms with Gasteiger partial charge in [0.1, 0.15) is 5.82 Å². The highest BCUT2D eigenvalue weighted by molar-refractivity contribution is 6.30. The van der Waals surface area contributed by atoms with Crippen molar-refractivity contribution in [3.05, 3.63) is 69.4 Å². The van der Waals surface area contributed by atoms with E-state index in [-0.39, 0.29) is 16.6 Å². The maximum absolute atomic E-state index is 12.7. The van der Waals surface area contributed by atoms with E-state index in [1.54, 1.807) is 0 Å². The molecule has 1 heterocycles. The van der Waals surface area contributed by atoms with E-state index in [2.05, 4.69) is 4.98 Å². The average molecular weight is 294 g/mol. The first-order valence-corrected chi connectivity index (χ1v) is 5.96. The van der Waals surface area contributed by atoms with E-state index in [9.17, 15) is 14.0 Å². The number of rotatable bonds is 3. The monoisotopic (exact) mass is 293 g/mol. The molecule has 6 heteroatoms. The van der Waals surface area contributed by atoms with Gasteiger partial charge in [-0.1, -0.05) is 23.7 Å². The van der Waals surface area contributed by atoms with Crippen molar-refractivity contribution >= 4 is 23.6 Å². The van der Waals surface area contributed by atoms with Gasteiger partial charge in [0.05, 0.1) is 5.02 Å². The van der Waals surface area contributed by atoms with E-state index >= 15 is 0 Å². The van der Waals surface area contributed by atoms with Crippen molar-refractivity contribution in [2.24, 2.45) is 0 Å². The lowest BCUT2D eigenvalue weighted by Gasteiger charge is -2.00. The van der Waals surface area contributed by atoms with Crippen LogP contribution in [0.2, 0.25) is 5.02 Å². The molecule has 0 aliphatic rings. The minimum absolute atomic E-state index is 0.189. The minimum Gasteiger partial charge on any atom is -0.417 e. The van der Waals surface area contributed by atoms with Gasteiger partial charge in [0.25, 0.3) is 5.56 Å². The van der Waals surface area contributed by atoms with E-state index in [4.69, 9.17) is 16.3 Å². The molecule has 2 aromatic rings. The molecular weight excluding hydrogens is 285 g/mol. The number of benzene rings is 1. The first kappa shape index (κ1) is 14.0. The van der Waals surface area contributed by atoms with Crippen molar-refractivity contribution in [1.82, 2.24) is 4.98 Å². The van der Waals surface area contributed by atoms with Crippen molar-refractivity contribution in [1.29, 1.82) is 0 Å². The lowest BCUT2D eigenvalue weighted by atomic mass is 10.2. The summed E-state index contributed by atoms with van der Waals surface area (Å²) in [5.41, 5.74) is 0.0706. The molecule has 0 fully saturated rings. The van der Waals surface area contributed by atoms with Crippen LogP contribution in [-0.2, 0) is 4.79 Å². The zero-order valence-electron chi connectivity index (χ0n) is 10.1. The summed E-state index contributed by atoms with van der Waals surface area (Å²) < 4.78 is 17.5. The Balaban J connectivity index is 2.07. The molecule has 0 radical (unpaired) electrons. The molecule has 1 aromatic carbocycles. The molecule has 0 spiro atoms. The third kappa shape index (κ3) is 3.80. The summed E-state index contributed by atoms with van der Waals surface area (Å²) in [6, 6.07) is 6.79. The summed E-state index contributed by atoms with van der Waals surface area (Å²) >= 11 is 5.67. The molecule has 2 rings (SSSR count). The Kier molecular flexibility index (Phi) is 4.32. The number of esters is 1. The zero-order valence-corrected chi connectivity index (χ0v) is 10.9. The number of hydrogen-bond acceptors (Lipinski definition) is 3. The fourth-order valence-electron chi connectivity index (χ4n) is 1.39. The van der Waals surface area contributed by atoms with E-state index in [1.807, 2.05) is 0 Å². The normalized spacial score (nSPS) is 10.7. The summed E-state index contributed by atoms with van der Waals surface area (Å²) in [6.07, 6.45) is 3.86. The van der Waals surface area contributed by atoms with E-state index < -0.39 is 11.5 Å². The van der Waals surface area contributed by atoms with Crippen LogP contribution in [-0.4, -0.2) is 11.0 Å². The Morgan fingerprint density at radius 3 is 2.70 bits per heavy atom. The third-order valence-corrected chi connectivity index (χ3v) is 2.54. The number of ether oxygens (including phenoxy) is 1. The number of carbonyl (C=O) groups is 1. The molecule has 1 aromatic heterocycles. The molecule has 0 saturated heterocycles. The number of aromatic nitrogens is 1. The van der Waals surface area contributed by atoms with Gasteiger partial charge >= 0.3 is 5.97 Å². The van der Waals surface area contributed by atoms with Crippen molar-refractivity contribution in [3.8, 4) is 5.75 Å². The van der Waals surface area contributed by atoms with Gasteiger partial charge in [0.15, 0.2) is 5.75 Å². The number of carbonyl (C=O) groups excluding carboxylic acids is 1. The van der Waals surface area contributed by atoms with Crippen molar-refractivity contribution < 1.29 is 13.9 Å². The highest BCUT2D eigenvalue weighted by atomic mass is 35.5.